The first-order valence-electron chi connectivity index (χ1n) is 6.07. The average Bonchev–Trinajstić information content (AvgIpc) is 2.31. The zero-order valence-electron chi connectivity index (χ0n) is 10.6. The molecule has 94 valence electrons. The minimum Gasteiger partial charge on any atom is -0.494 e. The molecule has 0 aliphatic carbocycles. The molecule has 0 aromatic heterocycles. The molecule has 3 heteroatoms. The number of ether oxygens (including phenoxy) is 2. The Labute approximate surface area is 103 Å². The van der Waals surface area contributed by atoms with Crippen molar-refractivity contribution in [2.75, 3.05) is 13.2 Å². The Balaban J connectivity index is 2.31. The summed E-state index contributed by atoms with van der Waals surface area (Å²) in [6, 6.07) is 7.50. The van der Waals surface area contributed by atoms with Gasteiger partial charge in [-0.2, -0.15) is 0 Å². The molecule has 0 spiro atoms. The van der Waals surface area contributed by atoms with Crippen LogP contribution in [0.15, 0.2) is 24.3 Å². The van der Waals surface area contributed by atoms with E-state index in [0.717, 1.165) is 30.9 Å². The predicted octanol–water partition coefficient (Wildman–Crippen LogP) is 3.22. The van der Waals surface area contributed by atoms with Gasteiger partial charge in [0.25, 0.3) is 0 Å². The van der Waals surface area contributed by atoms with Crippen molar-refractivity contribution in [3.05, 3.63) is 24.3 Å². The van der Waals surface area contributed by atoms with Crippen molar-refractivity contribution in [3.63, 3.8) is 0 Å². The van der Waals surface area contributed by atoms with E-state index in [4.69, 9.17) is 9.47 Å². The van der Waals surface area contributed by atoms with Gasteiger partial charge < -0.3 is 9.47 Å². The van der Waals surface area contributed by atoms with Crippen LogP contribution in [0.4, 0.5) is 0 Å². The quantitative estimate of drug-likeness (QED) is 0.650. The summed E-state index contributed by atoms with van der Waals surface area (Å²) in [7, 11) is 0. The zero-order chi connectivity index (χ0) is 12.5. The molecule has 0 saturated heterocycles. The highest BCUT2D eigenvalue weighted by Gasteiger charge is 1.98. The van der Waals surface area contributed by atoms with Crippen LogP contribution in [0.5, 0.6) is 11.5 Å². The van der Waals surface area contributed by atoms with Crippen LogP contribution < -0.4 is 9.47 Å². The lowest BCUT2D eigenvalue weighted by molar-refractivity contribution is -0.117. The molecule has 0 heterocycles. The number of ketones is 1. The fourth-order valence-electron chi connectivity index (χ4n) is 1.28. The highest BCUT2D eigenvalue weighted by atomic mass is 16.5. The van der Waals surface area contributed by atoms with Gasteiger partial charge in [0.05, 0.1) is 13.2 Å². The third-order valence-corrected chi connectivity index (χ3v) is 2.31. The van der Waals surface area contributed by atoms with Gasteiger partial charge in [0.1, 0.15) is 17.3 Å². The summed E-state index contributed by atoms with van der Waals surface area (Å²) in [5, 5.41) is 0. The van der Waals surface area contributed by atoms with Crippen molar-refractivity contribution in [1.29, 1.82) is 0 Å². The second-order valence-electron chi connectivity index (χ2n) is 3.97. The van der Waals surface area contributed by atoms with Crippen LogP contribution in [0.3, 0.4) is 0 Å². The smallest absolute Gasteiger partial charge is 0.133 e. The van der Waals surface area contributed by atoms with E-state index in [-0.39, 0.29) is 5.78 Å². The SMILES string of the molecule is CCCCOc1ccc(OCCC(C)=O)cc1. The molecular weight excluding hydrogens is 216 g/mol. The van der Waals surface area contributed by atoms with Gasteiger partial charge in [-0.1, -0.05) is 13.3 Å². The topological polar surface area (TPSA) is 35.5 Å². The molecule has 0 radical (unpaired) electrons. The lowest BCUT2D eigenvalue weighted by Crippen LogP contribution is -2.02. The molecule has 0 fully saturated rings. The predicted molar refractivity (Wildman–Crippen MR) is 67.6 cm³/mol. The normalized spacial score (nSPS) is 10.0. The number of carbonyl (C=O) groups is 1. The lowest BCUT2D eigenvalue weighted by Gasteiger charge is -2.07. The third-order valence-electron chi connectivity index (χ3n) is 2.31. The van der Waals surface area contributed by atoms with E-state index < -0.39 is 0 Å². The van der Waals surface area contributed by atoms with Crippen LogP contribution in [0.1, 0.15) is 33.1 Å². The molecule has 0 N–H and O–H groups in total. The highest BCUT2D eigenvalue weighted by molar-refractivity contribution is 5.75. The molecule has 1 aromatic rings. The van der Waals surface area contributed by atoms with Gasteiger partial charge in [0.15, 0.2) is 0 Å². The monoisotopic (exact) mass is 236 g/mol. The van der Waals surface area contributed by atoms with Crippen LogP contribution >= 0.6 is 0 Å². The van der Waals surface area contributed by atoms with Crippen molar-refractivity contribution < 1.29 is 14.3 Å². The summed E-state index contributed by atoms with van der Waals surface area (Å²) in [5.74, 6) is 1.77. The number of benzene rings is 1. The summed E-state index contributed by atoms with van der Waals surface area (Å²) in [5.41, 5.74) is 0. The Hall–Kier alpha value is -1.51. The minimum absolute atomic E-state index is 0.143. The summed E-state index contributed by atoms with van der Waals surface area (Å²) in [6.07, 6.45) is 2.65. The van der Waals surface area contributed by atoms with Crippen molar-refractivity contribution >= 4 is 5.78 Å². The molecule has 0 amide bonds. The number of rotatable bonds is 8. The number of Topliss-reactive ketones (excluding diaryl/α,β-unsaturated/α-hetero) is 1. The number of hydrogen-bond donors (Lipinski definition) is 0. The highest BCUT2D eigenvalue weighted by Crippen LogP contribution is 2.17. The largest absolute Gasteiger partial charge is 0.494 e. The van der Waals surface area contributed by atoms with Crippen LogP contribution in [-0.4, -0.2) is 19.0 Å². The summed E-state index contributed by atoms with van der Waals surface area (Å²) in [4.78, 5) is 10.7. The first-order chi connectivity index (χ1) is 8.22. The van der Waals surface area contributed by atoms with E-state index in [1.54, 1.807) is 6.92 Å². The van der Waals surface area contributed by atoms with E-state index in [0.29, 0.717) is 13.0 Å². The number of carbonyl (C=O) groups excluding carboxylic acids is 1. The Morgan fingerprint density at radius 2 is 1.59 bits per heavy atom. The van der Waals surface area contributed by atoms with Crippen molar-refractivity contribution in [2.24, 2.45) is 0 Å². The van der Waals surface area contributed by atoms with Crippen molar-refractivity contribution in [1.82, 2.24) is 0 Å². The Morgan fingerprint density at radius 1 is 1.06 bits per heavy atom. The molecule has 0 saturated carbocycles. The van der Waals surface area contributed by atoms with Crippen LogP contribution in [0, 0.1) is 0 Å². The lowest BCUT2D eigenvalue weighted by atomic mass is 10.3. The number of unbranched alkanes of at least 4 members (excludes halogenated alkanes) is 1. The Kier molecular flexibility index (Phi) is 6.15. The first-order valence-corrected chi connectivity index (χ1v) is 6.07. The number of hydrogen-bond acceptors (Lipinski definition) is 3. The minimum atomic E-state index is 0.143. The van der Waals surface area contributed by atoms with E-state index >= 15 is 0 Å². The van der Waals surface area contributed by atoms with Crippen molar-refractivity contribution in [2.45, 2.75) is 33.1 Å². The Morgan fingerprint density at radius 3 is 2.06 bits per heavy atom. The maximum absolute atomic E-state index is 10.7. The van der Waals surface area contributed by atoms with Gasteiger partial charge in [0.2, 0.25) is 0 Å². The van der Waals surface area contributed by atoms with Gasteiger partial charge in [-0.3, -0.25) is 4.79 Å². The molecule has 0 aliphatic rings. The summed E-state index contributed by atoms with van der Waals surface area (Å²) in [6.45, 7) is 4.88. The third kappa shape index (κ3) is 5.95. The van der Waals surface area contributed by atoms with Gasteiger partial charge in [-0.15, -0.1) is 0 Å². The fraction of sp³-hybridized carbons (Fsp3) is 0.500. The first kappa shape index (κ1) is 13.6. The molecule has 3 nitrogen and oxygen atoms in total. The van der Waals surface area contributed by atoms with Crippen LogP contribution in [0.25, 0.3) is 0 Å². The molecule has 0 unspecified atom stereocenters. The molecular formula is C14H20O3. The summed E-state index contributed by atoms with van der Waals surface area (Å²) >= 11 is 0. The van der Waals surface area contributed by atoms with Gasteiger partial charge in [-0.05, 0) is 37.6 Å². The molecule has 0 atom stereocenters. The van der Waals surface area contributed by atoms with Crippen LogP contribution in [-0.2, 0) is 4.79 Å². The molecule has 1 aromatic carbocycles. The van der Waals surface area contributed by atoms with E-state index in [1.165, 1.54) is 0 Å². The van der Waals surface area contributed by atoms with E-state index in [2.05, 4.69) is 6.92 Å². The molecule has 17 heavy (non-hydrogen) atoms. The van der Waals surface area contributed by atoms with Gasteiger partial charge in [-0.25, -0.2) is 0 Å². The second kappa shape index (κ2) is 7.71. The van der Waals surface area contributed by atoms with Gasteiger partial charge in [0, 0.05) is 6.42 Å². The van der Waals surface area contributed by atoms with Crippen LogP contribution in [0.2, 0.25) is 0 Å². The standard InChI is InChI=1S/C14H20O3/c1-3-4-10-16-13-5-7-14(8-6-13)17-11-9-12(2)15/h5-8H,3-4,9-11H2,1-2H3. The van der Waals surface area contributed by atoms with Crippen molar-refractivity contribution in [3.8, 4) is 11.5 Å². The maximum atomic E-state index is 10.7. The van der Waals surface area contributed by atoms with E-state index in [9.17, 15) is 4.79 Å². The molecule has 0 bridgehead atoms. The summed E-state index contributed by atoms with van der Waals surface area (Å²) < 4.78 is 11.0. The fourth-order valence-corrected chi connectivity index (χ4v) is 1.28. The second-order valence-corrected chi connectivity index (χ2v) is 3.97. The molecule has 1 rings (SSSR count). The average molecular weight is 236 g/mol. The zero-order valence-corrected chi connectivity index (χ0v) is 10.6. The van der Waals surface area contributed by atoms with Gasteiger partial charge >= 0.3 is 0 Å². The maximum Gasteiger partial charge on any atom is 0.133 e. The van der Waals surface area contributed by atoms with E-state index in [1.807, 2.05) is 24.3 Å². The Bertz CT molecular complexity index is 330. The molecule has 0 aliphatic heterocycles.